The Balaban J connectivity index is 2.30. The number of sulfonamides is 1. The molecule has 0 aliphatic heterocycles. The SMILES string of the molecule is N#Cc1ccc(S(=O)(=O)NC2(C(=O)O)CCCCC2)cc1. The Morgan fingerprint density at radius 1 is 1.19 bits per heavy atom. The van der Waals surface area contributed by atoms with Gasteiger partial charge in [0.25, 0.3) is 0 Å². The monoisotopic (exact) mass is 308 g/mol. The van der Waals surface area contributed by atoms with Crippen LogP contribution in [0.25, 0.3) is 0 Å². The van der Waals surface area contributed by atoms with Crippen LogP contribution >= 0.6 is 0 Å². The van der Waals surface area contributed by atoms with Gasteiger partial charge in [0.1, 0.15) is 5.54 Å². The maximum absolute atomic E-state index is 12.4. The van der Waals surface area contributed by atoms with Gasteiger partial charge in [-0.15, -0.1) is 0 Å². The first-order chi connectivity index (χ1) is 9.89. The second kappa shape index (κ2) is 5.84. The van der Waals surface area contributed by atoms with Crippen molar-refractivity contribution in [1.82, 2.24) is 4.72 Å². The number of carboxylic acids is 1. The van der Waals surface area contributed by atoms with Crippen LogP contribution < -0.4 is 4.72 Å². The Bertz CT molecular complexity index is 668. The van der Waals surface area contributed by atoms with Crippen LogP contribution in [0.2, 0.25) is 0 Å². The van der Waals surface area contributed by atoms with Crippen LogP contribution in [-0.2, 0) is 14.8 Å². The van der Waals surface area contributed by atoms with E-state index in [4.69, 9.17) is 5.26 Å². The largest absolute Gasteiger partial charge is 0.480 e. The molecule has 0 unspecified atom stereocenters. The molecule has 0 aromatic heterocycles. The summed E-state index contributed by atoms with van der Waals surface area (Å²) in [5, 5.41) is 18.1. The molecule has 0 saturated heterocycles. The normalized spacial score (nSPS) is 17.9. The van der Waals surface area contributed by atoms with Crippen LogP contribution in [0.15, 0.2) is 29.2 Å². The summed E-state index contributed by atoms with van der Waals surface area (Å²) < 4.78 is 27.1. The van der Waals surface area contributed by atoms with Crippen molar-refractivity contribution in [2.24, 2.45) is 0 Å². The van der Waals surface area contributed by atoms with Gasteiger partial charge in [-0.1, -0.05) is 19.3 Å². The lowest BCUT2D eigenvalue weighted by Gasteiger charge is -2.33. The topological polar surface area (TPSA) is 107 Å². The van der Waals surface area contributed by atoms with E-state index in [9.17, 15) is 18.3 Å². The fourth-order valence-electron chi connectivity index (χ4n) is 2.54. The van der Waals surface area contributed by atoms with Gasteiger partial charge in [0.2, 0.25) is 10.0 Å². The molecule has 0 heterocycles. The predicted molar refractivity (Wildman–Crippen MR) is 74.9 cm³/mol. The fourth-order valence-corrected chi connectivity index (χ4v) is 3.96. The molecule has 1 fully saturated rings. The van der Waals surface area contributed by atoms with Gasteiger partial charge in [0, 0.05) is 0 Å². The molecule has 0 atom stereocenters. The van der Waals surface area contributed by atoms with Crippen molar-refractivity contribution >= 4 is 16.0 Å². The highest BCUT2D eigenvalue weighted by Gasteiger charge is 2.43. The van der Waals surface area contributed by atoms with Crippen molar-refractivity contribution in [3.8, 4) is 6.07 Å². The Morgan fingerprint density at radius 2 is 1.76 bits per heavy atom. The van der Waals surface area contributed by atoms with Gasteiger partial charge in [-0.3, -0.25) is 4.79 Å². The number of aliphatic carboxylic acids is 1. The average Bonchev–Trinajstić information content (AvgIpc) is 2.47. The highest BCUT2D eigenvalue weighted by atomic mass is 32.2. The minimum Gasteiger partial charge on any atom is -0.480 e. The van der Waals surface area contributed by atoms with E-state index in [0.717, 1.165) is 6.42 Å². The van der Waals surface area contributed by atoms with E-state index in [-0.39, 0.29) is 17.7 Å². The summed E-state index contributed by atoms with van der Waals surface area (Å²) in [5.74, 6) is -1.14. The first-order valence-electron chi connectivity index (χ1n) is 6.67. The molecule has 0 bridgehead atoms. The second-order valence-corrected chi connectivity index (χ2v) is 6.87. The molecule has 1 saturated carbocycles. The van der Waals surface area contributed by atoms with Crippen molar-refractivity contribution in [3.63, 3.8) is 0 Å². The van der Waals surface area contributed by atoms with Gasteiger partial charge in [-0.2, -0.15) is 9.98 Å². The molecular formula is C14H16N2O4S. The van der Waals surface area contributed by atoms with Gasteiger partial charge < -0.3 is 5.11 Å². The Labute approximate surface area is 123 Å². The van der Waals surface area contributed by atoms with E-state index in [1.54, 1.807) is 0 Å². The van der Waals surface area contributed by atoms with Crippen LogP contribution in [0.1, 0.15) is 37.7 Å². The number of carboxylic acid groups (broad SMARTS) is 1. The molecule has 1 aliphatic rings. The molecule has 6 nitrogen and oxygen atoms in total. The average molecular weight is 308 g/mol. The molecule has 1 aromatic rings. The van der Waals surface area contributed by atoms with Crippen LogP contribution in [0.4, 0.5) is 0 Å². The van der Waals surface area contributed by atoms with Crippen LogP contribution in [-0.4, -0.2) is 25.0 Å². The third-order valence-corrected chi connectivity index (χ3v) is 5.29. The van der Waals surface area contributed by atoms with Crippen molar-refractivity contribution in [2.75, 3.05) is 0 Å². The molecule has 1 aromatic carbocycles. The fraction of sp³-hybridized carbons (Fsp3) is 0.429. The smallest absolute Gasteiger partial charge is 0.324 e. The number of nitrogens with one attached hydrogen (secondary N) is 1. The van der Waals surface area contributed by atoms with Crippen molar-refractivity contribution in [1.29, 1.82) is 5.26 Å². The molecule has 0 spiro atoms. The van der Waals surface area contributed by atoms with Gasteiger partial charge >= 0.3 is 5.97 Å². The van der Waals surface area contributed by atoms with Crippen molar-refractivity contribution in [3.05, 3.63) is 29.8 Å². The maximum atomic E-state index is 12.4. The standard InChI is InChI=1S/C14H16N2O4S/c15-10-11-4-6-12(7-5-11)21(19,20)16-14(13(17)18)8-2-1-3-9-14/h4-7,16H,1-3,8-9H2,(H,17,18). The van der Waals surface area contributed by atoms with E-state index in [1.807, 2.05) is 6.07 Å². The molecule has 21 heavy (non-hydrogen) atoms. The first-order valence-corrected chi connectivity index (χ1v) is 8.15. The summed E-state index contributed by atoms with van der Waals surface area (Å²) in [6, 6.07) is 7.30. The molecule has 7 heteroatoms. The van der Waals surface area contributed by atoms with Crippen LogP contribution in [0.3, 0.4) is 0 Å². The van der Waals surface area contributed by atoms with E-state index in [2.05, 4.69) is 4.72 Å². The third-order valence-electron chi connectivity index (χ3n) is 3.74. The summed E-state index contributed by atoms with van der Waals surface area (Å²) in [4.78, 5) is 11.5. The van der Waals surface area contributed by atoms with Gasteiger partial charge in [-0.05, 0) is 37.1 Å². The minimum atomic E-state index is -3.93. The maximum Gasteiger partial charge on any atom is 0.324 e. The Kier molecular flexibility index (Phi) is 4.30. The highest BCUT2D eigenvalue weighted by molar-refractivity contribution is 7.89. The quantitative estimate of drug-likeness (QED) is 0.879. The van der Waals surface area contributed by atoms with Gasteiger partial charge in [0.15, 0.2) is 0 Å². The Morgan fingerprint density at radius 3 is 2.24 bits per heavy atom. The zero-order valence-corrected chi connectivity index (χ0v) is 12.2. The summed E-state index contributed by atoms with van der Waals surface area (Å²) >= 11 is 0. The molecule has 112 valence electrons. The van der Waals surface area contributed by atoms with E-state index >= 15 is 0 Å². The first kappa shape index (κ1) is 15.5. The lowest BCUT2D eigenvalue weighted by Crippen LogP contribution is -2.55. The molecule has 1 aliphatic carbocycles. The number of nitrogens with zero attached hydrogens (tertiary/aromatic N) is 1. The van der Waals surface area contributed by atoms with E-state index in [0.29, 0.717) is 18.4 Å². The number of carbonyl (C=O) groups is 1. The predicted octanol–water partition coefficient (Wildman–Crippen LogP) is 1.62. The number of hydrogen-bond acceptors (Lipinski definition) is 4. The summed E-state index contributed by atoms with van der Waals surface area (Å²) in [5.41, 5.74) is -1.08. The zero-order chi connectivity index (χ0) is 15.5. The van der Waals surface area contributed by atoms with Gasteiger partial charge in [-0.25, -0.2) is 8.42 Å². The molecular weight excluding hydrogens is 292 g/mol. The lowest BCUT2D eigenvalue weighted by molar-refractivity contribution is -0.145. The Hall–Kier alpha value is -1.91. The lowest BCUT2D eigenvalue weighted by atomic mass is 9.83. The van der Waals surface area contributed by atoms with Crippen molar-refractivity contribution in [2.45, 2.75) is 42.5 Å². The molecule has 0 amide bonds. The third kappa shape index (κ3) is 3.23. The highest BCUT2D eigenvalue weighted by Crippen LogP contribution is 2.30. The van der Waals surface area contributed by atoms with Gasteiger partial charge in [0.05, 0.1) is 16.5 Å². The van der Waals surface area contributed by atoms with Crippen molar-refractivity contribution < 1.29 is 18.3 Å². The summed E-state index contributed by atoms with van der Waals surface area (Å²) in [7, 11) is -3.93. The van der Waals surface area contributed by atoms with E-state index < -0.39 is 21.5 Å². The molecule has 2 N–H and O–H groups in total. The second-order valence-electron chi connectivity index (χ2n) is 5.19. The number of rotatable bonds is 4. The summed E-state index contributed by atoms with van der Waals surface area (Å²) in [6.07, 6.45) is 2.85. The minimum absolute atomic E-state index is 0.0345. The van der Waals surface area contributed by atoms with Crippen LogP contribution in [0.5, 0.6) is 0 Å². The van der Waals surface area contributed by atoms with E-state index in [1.165, 1.54) is 24.3 Å². The number of benzene rings is 1. The zero-order valence-electron chi connectivity index (χ0n) is 11.4. The molecule has 0 radical (unpaired) electrons. The number of hydrogen-bond donors (Lipinski definition) is 2. The van der Waals surface area contributed by atoms with Crippen LogP contribution in [0, 0.1) is 11.3 Å². The summed E-state index contributed by atoms with van der Waals surface area (Å²) in [6.45, 7) is 0. The number of nitriles is 1. The molecule has 2 rings (SSSR count).